The van der Waals surface area contributed by atoms with Crippen molar-refractivity contribution in [1.82, 2.24) is 9.88 Å². The van der Waals surface area contributed by atoms with E-state index in [-0.39, 0.29) is 27.9 Å². The maximum absolute atomic E-state index is 13.4. The first-order valence-corrected chi connectivity index (χ1v) is 12.0. The van der Waals surface area contributed by atoms with Gasteiger partial charge in [-0.05, 0) is 25.2 Å². The van der Waals surface area contributed by atoms with Crippen molar-refractivity contribution in [3.63, 3.8) is 0 Å². The van der Waals surface area contributed by atoms with Crippen LogP contribution in [0.15, 0.2) is 60.7 Å². The van der Waals surface area contributed by atoms with Crippen LogP contribution >= 0.6 is 11.6 Å². The van der Waals surface area contributed by atoms with Crippen molar-refractivity contribution in [3.8, 4) is 11.6 Å². The molecule has 5 rings (SSSR count). The molecule has 2 N–H and O–H groups in total. The van der Waals surface area contributed by atoms with E-state index in [0.29, 0.717) is 12.1 Å². The fourth-order valence-electron chi connectivity index (χ4n) is 6.05. The van der Waals surface area contributed by atoms with Crippen molar-refractivity contribution < 1.29 is 28.5 Å². The molecule has 0 saturated heterocycles. The molecule has 0 radical (unpaired) electrons. The lowest BCUT2D eigenvalue weighted by Gasteiger charge is -2.41. The summed E-state index contributed by atoms with van der Waals surface area (Å²) in [4.78, 5) is 6.16. The number of aromatic nitrogens is 1. The number of methoxy groups -OCH3 is 1. The Bertz CT molecular complexity index is 1260. The third-order valence-electron chi connectivity index (χ3n) is 7.36. The minimum absolute atomic E-state index is 0.0300. The maximum atomic E-state index is 13.4. The molecule has 6 nitrogen and oxygen atoms in total. The summed E-state index contributed by atoms with van der Waals surface area (Å²) in [5, 5.41) is 24.6. The molecule has 5 atom stereocenters. The predicted molar refractivity (Wildman–Crippen MR) is 131 cm³/mol. The summed E-state index contributed by atoms with van der Waals surface area (Å²) in [6.45, 7) is 0.419. The Morgan fingerprint density at radius 2 is 1.81 bits per heavy atom. The molecule has 1 saturated carbocycles. The highest BCUT2D eigenvalue weighted by atomic mass is 35.5. The monoisotopic (exact) mass is 516 g/mol. The summed E-state index contributed by atoms with van der Waals surface area (Å²) < 4.78 is 39.0. The van der Waals surface area contributed by atoms with Crippen molar-refractivity contribution in [2.24, 2.45) is 5.92 Å². The first-order chi connectivity index (χ1) is 17.1. The Kier molecular flexibility index (Phi) is 6.19. The Morgan fingerprint density at radius 1 is 1.14 bits per heavy atom. The summed E-state index contributed by atoms with van der Waals surface area (Å²) in [6, 6.07) is 16.6. The minimum Gasteiger partial charge on any atom is -0.481 e. The second kappa shape index (κ2) is 8.95. The van der Waals surface area contributed by atoms with E-state index in [4.69, 9.17) is 21.1 Å². The number of halogens is 3. The van der Waals surface area contributed by atoms with Crippen LogP contribution in [0.3, 0.4) is 0 Å². The number of nitrogens with zero attached hydrogens (tertiary/aromatic N) is 2. The third-order valence-corrected chi connectivity index (χ3v) is 7.55. The van der Waals surface area contributed by atoms with E-state index < -0.39 is 35.6 Å². The van der Waals surface area contributed by atoms with Gasteiger partial charge in [0.15, 0.2) is 11.2 Å². The van der Waals surface area contributed by atoms with Gasteiger partial charge in [-0.1, -0.05) is 66.2 Å². The number of alkyl halides is 2. The minimum atomic E-state index is -2.65. The van der Waals surface area contributed by atoms with E-state index in [1.807, 2.05) is 49.3 Å². The summed E-state index contributed by atoms with van der Waals surface area (Å²) >= 11 is 6.24. The molecule has 0 bridgehead atoms. The molecule has 1 aliphatic heterocycles. The number of aliphatic hydroxyl groups excluding tert-OH is 1. The smallest absolute Gasteiger partial charge is 0.263 e. The van der Waals surface area contributed by atoms with Crippen molar-refractivity contribution >= 4 is 11.6 Å². The zero-order valence-corrected chi connectivity index (χ0v) is 20.8. The van der Waals surface area contributed by atoms with Gasteiger partial charge < -0.3 is 24.6 Å². The van der Waals surface area contributed by atoms with Crippen molar-refractivity contribution in [2.75, 3.05) is 27.7 Å². The van der Waals surface area contributed by atoms with Crippen LogP contribution in [0.2, 0.25) is 5.15 Å². The lowest BCUT2D eigenvalue weighted by molar-refractivity contribution is -0.152. The van der Waals surface area contributed by atoms with Gasteiger partial charge in [-0.3, -0.25) is 0 Å². The molecule has 1 aromatic heterocycles. The molecule has 1 aliphatic carbocycles. The number of aliphatic hydroxyl groups is 2. The number of ether oxygens (including phenoxy) is 2. The number of hydrogen-bond donors (Lipinski definition) is 2. The van der Waals surface area contributed by atoms with Crippen LogP contribution in [0.1, 0.15) is 34.6 Å². The average Bonchev–Trinajstić information content (AvgIpc) is 3.21. The van der Waals surface area contributed by atoms with E-state index in [0.717, 1.165) is 5.56 Å². The summed E-state index contributed by atoms with van der Waals surface area (Å²) in [7, 11) is 5.16. The van der Waals surface area contributed by atoms with Crippen LogP contribution in [0.5, 0.6) is 11.6 Å². The highest BCUT2D eigenvalue weighted by Crippen LogP contribution is 2.69. The second-order valence-corrected chi connectivity index (χ2v) is 10.0. The highest BCUT2D eigenvalue weighted by molar-refractivity contribution is 6.29. The normalized spacial score (nSPS) is 28.8. The summed E-state index contributed by atoms with van der Waals surface area (Å²) in [5.41, 5.74) is -2.32. The van der Waals surface area contributed by atoms with Crippen LogP contribution in [-0.4, -0.2) is 54.0 Å². The van der Waals surface area contributed by atoms with Crippen LogP contribution in [0.4, 0.5) is 8.78 Å². The van der Waals surface area contributed by atoms with E-state index in [1.54, 1.807) is 0 Å². The average molecular weight is 517 g/mol. The van der Waals surface area contributed by atoms with Gasteiger partial charge in [-0.2, -0.15) is 0 Å². The molecule has 2 aliphatic rings. The molecule has 9 heteroatoms. The fourth-order valence-corrected chi connectivity index (χ4v) is 6.23. The first-order valence-electron chi connectivity index (χ1n) is 11.6. The van der Waals surface area contributed by atoms with Gasteiger partial charge in [0.2, 0.25) is 5.88 Å². The molecule has 2 heterocycles. The second-order valence-electron chi connectivity index (χ2n) is 9.61. The van der Waals surface area contributed by atoms with E-state index in [9.17, 15) is 19.0 Å². The molecule has 3 aromatic rings. The van der Waals surface area contributed by atoms with Crippen LogP contribution in [0.25, 0.3) is 0 Å². The van der Waals surface area contributed by atoms with Gasteiger partial charge in [0.25, 0.3) is 6.43 Å². The molecule has 0 spiro atoms. The Hall–Kier alpha value is -2.78. The maximum Gasteiger partial charge on any atom is 0.263 e. The first kappa shape index (κ1) is 24.9. The van der Waals surface area contributed by atoms with Crippen molar-refractivity contribution in [3.05, 3.63) is 88.1 Å². The summed E-state index contributed by atoms with van der Waals surface area (Å²) in [5.74, 6) is -0.830. The Balaban J connectivity index is 1.85. The predicted octanol–water partition coefficient (Wildman–Crippen LogP) is 4.49. The molecule has 0 amide bonds. The summed E-state index contributed by atoms with van der Waals surface area (Å²) in [6.07, 6.45) is -3.97. The molecule has 36 heavy (non-hydrogen) atoms. The Morgan fingerprint density at radius 3 is 2.39 bits per heavy atom. The third kappa shape index (κ3) is 3.43. The van der Waals surface area contributed by atoms with Crippen molar-refractivity contribution in [2.45, 2.75) is 29.6 Å². The van der Waals surface area contributed by atoms with Crippen LogP contribution in [0, 0.1) is 5.92 Å². The molecular weight excluding hydrogens is 490 g/mol. The zero-order chi connectivity index (χ0) is 25.8. The topological polar surface area (TPSA) is 75.0 Å². The highest BCUT2D eigenvalue weighted by Gasteiger charge is 2.76. The zero-order valence-electron chi connectivity index (χ0n) is 20.0. The number of hydrogen-bond acceptors (Lipinski definition) is 6. The number of rotatable bonds is 6. The van der Waals surface area contributed by atoms with Gasteiger partial charge in [-0.15, -0.1) is 0 Å². The van der Waals surface area contributed by atoms with E-state index in [1.165, 1.54) is 37.4 Å². The van der Waals surface area contributed by atoms with Gasteiger partial charge >= 0.3 is 0 Å². The van der Waals surface area contributed by atoms with Crippen LogP contribution in [-0.2, 0) is 11.2 Å². The number of pyridine rings is 1. The Labute approximate surface area is 213 Å². The molecule has 0 unspecified atom stereocenters. The molecule has 190 valence electrons. The molecular formula is C27H27ClF2N2O4. The SMILES string of the molecule is COc1nc(Cl)cc2c1[C@]1(O)[C@H](O)[C@H](CN(C)C)[C@@H](c3ccccc3)[C@]1(c1ccc(C(F)F)cc1)O2. The van der Waals surface area contributed by atoms with E-state index in [2.05, 4.69) is 4.98 Å². The molecule has 1 fully saturated rings. The van der Waals surface area contributed by atoms with Gasteiger partial charge in [0.1, 0.15) is 10.9 Å². The number of benzene rings is 2. The quantitative estimate of drug-likeness (QED) is 0.470. The lowest BCUT2D eigenvalue weighted by atomic mass is 9.70. The van der Waals surface area contributed by atoms with E-state index >= 15 is 0 Å². The number of fused-ring (bicyclic) bond motifs is 3. The molecule has 2 aromatic carbocycles. The van der Waals surface area contributed by atoms with Crippen LogP contribution < -0.4 is 9.47 Å². The largest absolute Gasteiger partial charge is 0.481 e. The van der Waals surface area contributed by atoms with Gasteiger partial charge in [0.05, 0.1) is 18.8 Å². The van der Waals surface area contributed by atoms with Gasteiger partial charge in [0, 0.05) is 30.0 Å². The standard InChI is InChI=1S/C27H27ClF2N2O4/c1-32(2)14-18-21(15-7-5-4-6-8-15)27(17-11-9-16(10-12-17)24(29)30)26(34,23(18)33)22-19(36-27)13-20(28)31-25(22)35-3/h4-13,18,21,23-24,33-34H,14H2,1-3H3/t18-,21-,23-,26+,27+/m1/s1. The lowest BCUT2D eigenvalue weighted by Crippen LogP contribution is -2.52. The van der Waals surface area contributed by atoms with Gasteiger partial charge in [-0.25, -0.2) is 13.8 Å². The van der Waals surface area contributed by atoms with Crippen molar-refractivity contribution in [1.29, 1.82) is 0 Å². The fraction of sp³-hybridized carbons (Fsp3) is 0.370.